The monoisotopic (exact) mass is 1390 g/mol. The molecule has 4 unspecified atom stereocenters. The van der Waals surface area contributed by atoms with Gasteiger partial charge in [-0.2, -0.15) is 0 Å². The van der Waals surface area contributed by atoms with Crippen LogP contribution in [0.3, 0.4) is 0 Å². The van der Waals surface area contributed by atoms with Crippen molar-refractivity contribution in [2.45, 2.75) is 244 Å². The van der Waals surface area contributed by atoms with Gasteiger partial charge in [-0.3, -0.25) is 0 Å². The first kappa shape index (κ1) is 78.6. The molecule has 0 amide bonds. The molecule has 14 rings (SSSR count). The summed E-state index contributed by atoms with van der Waals surface area (Å²) in [7, 11) is 9.08. The van der Waals surface area contributed by atoms with E-state index in [4.69, 9.17) is 9.47 Å². The van der Waals surface area contributed by atoms with Crippen LogP contribution in [0.25, 0.3) is 0 Å². The number of rotatable bonds is 13. The van der Waals surface area contributed by atoms with Crippen LogP contribution in [0.1, 0.15) is 221 Å². The van der Waals surface area contributed by atoms with Gasteiger partial charge < -0.3 is 41.4 Å². The Morgan fingerprint density at radius 2 is 0.650 bits per heavy atom. The van der Waals surface area contributed by atoms with Crippen molar-refractivity contribution in [1.82, 2.24) is 31.9 Å². The van der Waals surface area contributed by atoms with Crippen LogP contribution < -0.4 is 31.9 Å². The van der Waals surface area contributed by atoms with Crippen molar-refractivity contribution in [1.29, 1.82) is 0 Å². The maximum atomic E-state index is 14.2. The van der Waals surface area contributed by atoms with E-state index in [1.54, 1.807) is 49.5 Å². The summed E-state index contributed by atoms with van der Waals surface area (Å²) in [6.07, 6.45) is 24.7. The average Bonchev–Trinajstić information content (AvgIpc) is 0.731. The molecule has 0 aromatic heterocycles. The van der Waals surface area contributed by atoms with Crippen LogP contribution in [0.5, 0.6) is 0 Å². The molecule has 0 radical (unpaired) electrons. The largest absolute Gasteiger partial charge is 0.373 e. The van der Waals surface area contributed by atoms with Crippen molar-refractivity contribution in [3.05, 3.63) is 215 Å². The second kappa shape index (κ2) is 34.9. The highest BCUT2D eigenvalue weighted by atomic mass is 19.3. The minimum Gasteiger partial charge on any atom is -0.373 e. The lowest BCUT2D eigenvalue weighted by Gasteiger charge is -2.58. The minimum atomic E-state index is -2.91. The highest BCUT2D eigenvalue weighted by Crippen LogP contribution is 2.55. The van der Waals surface area contributed by atoms with E-state index in [1.807, 2.05) is 56.6 Å². The van der Waals surface area contributed by atoms with Crippen LogP contribution in [0.15, 0.2) is 164 Å². The molecule has 6 aliphatic carbocycles. The van der Waals surface area contributed by atoms with Crippen LogP contribution in [0.2, 0.25) is 0 Å². The number of halogens is 7. The number of alkyl halides is 4. The first-order valence-electron chi connectivity index (χ1n) is 37.9. The molecule has 2 saturated heterocycles. The fourth-order valence-electron chi connectivity index (χ4n) is 19.2. The number of hydrogen-bond donors (Lipinski definition) is 6. The Kier molecular flexibility index (Phi) is 27.4. The molecule has 0 bridgehead atoms. The number of benzene rings is 6. The molecule has 548 valence electrons. The molecule has 10 atom stereocenters. The fourth-order valence-corrected chi connectivity index (χ4v) is 19.2. The summed E-state index contributed by atoms with van der Waals surface area (Å²) in [6, 6.07) is 51.0. The highest BCUT2D eigenvalue weighted by molar-refractivity contribution is 5.36. The van der Waals surface area contributed by atoms with Gasteiger partial charge in [-0.1, -0.05) is 231 Å². The van der Waals surface area contributed by atoms with E-state index in [1.165, 1.54) is 120 Å². The zero-order chi connectivity index (χ0) is 71.6. The van der Waals surface area contributed by atoms with E-state index in [0.29, 0.717) is 37.2 Å². The topological polar surface area (TPSA) is 90.6 Å². The molecule has 100 heavy (non-hydrogen) atoms. The van der Waals surface area contributed by atoms with E-state index < -0.39 is 28.7 Å². The van der Waals surface area contributed by atoms with Crippen LogP contribution in [-0.4, -0.2) is 78.0 Å². The van der Waals surface area contributed by atoms with Gasteiger partial charge in [0.15, 0.2) is 0 Å². The number of hydrogen-bond acceptors (Lipinski definition) is 8. The molecule has 6 aromatic carbocycles. The molecule has 8 fully saturated rings. The summed E-state index contributed by atoms with van der Waals surface area (Å²) < 4.78 is 111. The van der Waals surface area contributed by atoms with Gasteiger partial charge in [0.05, 0.1) is 35.5 Å². The molecule has 2 heterocycles. The highest BCUT2D eigenvalue weighted by Gasteiger charge is 2.60. The second-order valence-corrected chi connectivity index (χ2v) is 29.6. The minimum absolute atomic E-state index is 0.0251. The number of likely N-dealkylation sites (N-methyl/N-ethyl adjacent to an activating group) is 2. The van der Waals surface area contributed by atoms with Gasteiger partial charge in [-0.15, -0.1) is 0 Å². The first-order valence-corrected chi connectivity index (χ1v) is 37.9. The molecule has 2 spiro atoms. The van der Waals surface area contributed by atoms with E-state index in [0.717, 1.165) is 75.3 Å². The summed E-state index contributed by atoms with van der Waals surface area (Å²) in [5, 5.41) is 19.7. The molecule has 6 aromatic rings. The van der Waals surface area contributed by atoms with Gasteiger partial charge in [-0.05, 0) is 166 Å². The van der Waals surface area contributed by atoms with Crippen molar-refractivity contribution in [3.63, 3.8) is 0 Å². The Bertz CT molecular complexity index is 3430. The van der Waals surface area contributed by atoms with Gasteiger partial charge in [0.2, 0.25) is 0 Å². The zero-order valence-corrected chi connectivity index (χ0v) is 61.2. The van der Waals surface area contributed by atoms with Crippen LogP contribution in [-0.2, 0) is 42.7 Å². The Morgan fingerprint density at radius 3 is 1.03 bits per heavy atom. The van der Waals surface area contributed by atoms with Gasteiger partial charge in [-0.25, -0.2) is 30.7 Å². The summed E-state index contributed by atoms with van der Waals surface area (Å²) in [5.41, 5.74) is 2.13. The maximum absolute atomic E-state index is 14.2. The SMILES string of the molecule is CCN[C@]1(c2ccccc2)CCCCC1C.CN[C@]1(c2ccccc2)CCCCC1(F)F.CN[C@]1(c2ccccc2)CCCCC12CCO2.CN[C@]1(c2ccccc2F)CCCCC1(F)F.CN[C@]1(c2ccccc2F)CCCCC12CCO2.CN[C@]1(c2ccccc2F)CCCCC1C. The van der Waals surface area contributed by atoms with Crippen LogP contribution in [0.4, 0.5) is 30.7 Å². The first-order chi connectivity index (χ1) is 48.2. The quantitative estimate of drug-likeness (QED) is 0.0638. The summed E-state index contributed by atoms with van der Waals surface area (Å²) in [5.74, 6) is -5.12. The van der Waals surface area contributed by atoms with E-state index in [2.05, 4.69) is 120 Å². The molecular formula is C85H117F7N6O2. The standard InChI is InChI=1S/C15H20FNO.C15H21NO.C15H23N.C14H20FN.C13H16F3N.C13H17F2N/c1-17-15(12-6-2-3-7-13(12)16)9-5-4-8-14(15)10-11-18-14;1-16-15(13-7-3-2-4-8-13)10-6-5-9-14(15)11-12-17-14;1-3-16-15(12-8-7-9-13(15)2)14-10-5-4-6-11-14;1-11-7-5-6-10-14(11,16-2)12-8-3-4-9-13(12)15;1-17-12(8-4-5-9-13(12,15)16)10-6-2-3-7-11(10)14;1-16-12(11-7-3-2-4-8-11)9-5-6-10-13(12,14)15/h2-3,6-7,17H,4-5,8-11H2,1H3;2-4,7-8,16H,5-6,9-12H2,1H3;4-6,10-11,13,16H,3,7-9,12H2,1-2H3;3-4,8-9,11,16H,5-7,10H2,1-2H3;2-3,6-7,17H,4-5,8-9H2,1H3;2-4,7-8,16H,5-6,9-10H2,1H3/t2*14?,15-;13?,15-;11?,14-;2*12-/m001100/s1. The second-order valence-electron chi connectivity index (χ2n) is 29.6. The average molecular weight is 1390 g/mol. The zero-order valence-electron chi connectivity index (χ0n) is 61.2. The third-order valence-corrected chi connectivity index (χ3v) is 25.0. The number of nitrogens with one attached hydrogen (secondary N) is 6. The smallest absolute Gasteiger partial charge is 0.270 e. The predicted octanol–water partition coefficient (Wildman–Crippen LogP) is 19.7. The van der Waals surface area contributed by atoms with Crippen molar-refractivity contribution in [2.75, 3.05) is 55.0 Å². The van der Waals surface area contributed by atoms with Crippen LogP contribution in [0, 0.1) is 29.3 Å². The molecular weight excluding hydrogens is 1270 g/mol. The van der Waals surface area contributed by atoms with Gasteiger partial charge in [0.25, 0.3) is 11.8 Å². The van der Waals surface area contributed by atoms with Crippen molar-refractivity contribution in [2.24, 2.45) is 11.8 Å². The Labute approximate surface area is 594 Å². The summed E-state index contributed by atoms with van der Waals surface area (Å²) >= 11 is 0. The van der Waals surface area contributed by atoms with Gasteiger partial charge in [0.1, 0.15) is 28.5 Å². The molecule has 8 nitrogen and oxygen atoms in total. The normalized spacial score (nSPS) is 31.7. The van der Waals surface area contributed by atoms with Crippen molar-refractivity contribution in [3.8, 4) is 0 Å². The fraction of sp³-hybridized carbons (Fsp3) is 0.576. The maximum Gasteiger partial charge on any atom is 0.270 e. The molecule has 6 N–H and O–H groups in total. The number of ether oxygens (including phenoxy) is 2. The summed E-state index contributed by atoms with van der Waals surface area (Å²) in [6.45, 7) is 9.62. The Morgan fingerprint density at radius 1 is 0.330 bits per heavy atom. The third-order valence-electron chi connectivity index (χ3n) is 25.0. The molecule has 8 aliphatic rings. The van der Waals surface area contributed by atoms with Crippen molar-refractivity contribution >= 4 is 0 Å². The molecule has 2 aliphatic heterocycles. The van der Waals surface area contributed by atoms with E-state index in [-0.39, 0.29) is 69.8 Å². The van der Waals surface area contributed by atoms with E-state index in [9.17, 15) is 30.7 Å². The van der Waals surface area contributed by atoms with Crippen LogP contribution >= 0.6 is 0 Å². The lowest BCUT2D eigenvalue weighted by atomic mass is 9.62. The van der Waals surface area contributed by atoms with Gasteiger partial charge in [0, 0.05) is 53.5 Å². The van der Waals surface area contributed by atoms with Gasteiger partial charge >= 0.3 is 0 Å². The van der Waals surface area contributed by atoms with Crippen molar-refractivity contribution < 1.29 is 40.2 Å². The lowest BCUT2D eigenvalue weighted by Crippen LogP contribution is -2.67. The summed E-state index contributed by atoms with van der Waals surface area (Å²) in [4.78, 5) is 0. The predicted molar refractivity (Wildman–Crippen MR) is 393 cm³/mol. The molecule has 15 heteroatoms. The lowest BCUT2D eigenvalue weighted by molar-refractivity contribution is -0.217. The third kappa shape index (κ3) is 15.6. The Balaban J connectivity index is 0.000000140. The molecule has 6 saturated carbocycles. The van der Waals surface area contributed by atoms with E-state index >= 15 is 0 Å². The Hall–Kier alpha value is -5.49.